The van der Waals surface area contributed by atoms with Gasteiger partial charge in [0.25, 0.3) is 0 Å². The Morgan fingerprint density at radius 1 is 1.21 bits per heavy atom. The van der Waals surface area contributed by atoms with E-state index >= 15 is 0 Å². The number of nitrogens with one attached hydrogen (secondary N) is 1. The molecule has 4 heterocycles. The van der Waals surface area contributed by atoms with Crippen LogP contribution >= 0.6 is 11.8 Å². The van der Waals surface area contributed by atoms with Gasteiger partial charge in [0.05, 0.1) is 5.88 Å². The van der Waals surface area contributed by atoms with E-state index in [4.69, 9.17) is 9.72 Å². The first-order chi connectivity index (χ1) is 13.9. The molecule has 3 aliphatic rings. The minimum absolute atomic E-state index is 0.519. The lowest BCUT2D eigenvalue weighted by molar-refractivity contribution is 0.0853. The van der Waals surface area contributed by atoms with Crippen LogP contribution in [0, 0.1) is 0 Å². The molecule has 2 aromatic rings. The molecule has 5 rings (SSSR count). The molecule has 1 aromatic carbocycles. The van der Waals surface area contributed by atoms with Gasteiger partial charge < -0.3 is 19.9 Å². The second-order valence-corrected chi connectivity index (χ2v) is 8.63. The summed E-state index contributed by atoms with van der Waals surface area (Å²) in [5, 5.41) is 4.42. The van der Waals surface area contributed by atoms with Gasteiger partial charge >= 0.3 is 0 Å². The summed E-state index contributed by atoms with van der Waals surface area (Å²) in [5.74, 6) is 2.56. The second kappa shape index (κ2) is 7.89. The molecule has 1 saturated heterocycles. The number of ether oxygens (including phenoxy) is 1. The summed E-state index contributed by atoms with van der Waals surface area (Å²) in [6.45, 7) is 3.71. The van der Waals surface area contributed by atoms with Crippen LogP contribution in [-0.4, -0.2) is 55.2 Å². The highest BCUT2D eigenvalue weighted by atomic mass is 32.2. The number of fused-ring (bicyclic) bond motifs is 2. The molecule has 1 N–H and O–H groups in total. The van der Waals surface area contributed by atoms with Crippen molar-refractivity contribution in [2.45, 2.75) is 36.2 Å². The highest BCUT2D eigenvalue weighted by Crippen LogP contribution is 2.49. The molecule has 0 saturated carbocycles. The fourth-order valence-corrected chi connectivity index (χ4v) is 5.72. The maximum absolute atomic E-state index is 5.59. The maximum atomic E-state index is 5.59. The van der Waals surface area contributed by atoms with Crippen molar-refractivity contribution in [2.75, 3.05) is 49.0 Å². The van der Waals surface area contributed by atoms with Gasteiger partial charge in [-0.2, -0.15) is 0 Å². The molecule has 0 bridgehead atoms. The number of hydrogen-bond donors (Lipinski definition) is 1. The monoisotopic (exact) mass is 397 g/mol. The van der Waals surface area contributed by atoms with E-state index in [0.717, 1.165) is 62.3 Å². The van der Waals surface area contributed by atoms with E-state index in [1.54, 1.807) is 6.33 Å². The van der Waals surface area contributed by atoms with Crippen LogP contribution in [0.1, 0.15) is 30.7 Å². The average molecular weight is 398 g/mol. The first kappa shape index (κ1) is 18.2. The summed E-state index contributed by atoms with van der Waals surface area (Å²) in [7, 11) is 2.03. The van der Waals surface area contributed by atoms with Crippen molar-refractivity contribution in [2.24, 2.45) is 0 Å². The van der Waals surface area contributed by atoms with E-state index in [9.17, 15) is 0 Å². The Labute approximate surface area is 170 Å². The van der Waals surface area contributed by atoms with Crippen molar-refractivity contribution in [3.8, 4) is 0 Å². The quantitative estimate of drug-likeness (QED) is 0.776. The molecule has 7 heteroatoms. The van der Waals surface area contributed by atoms with Crippen LogP contribution in [0.4, 0.5) is 17.2 Å². The van der Waals surface area contributed by atoms with Crippen LogP contribution in [-0.2, 0) is 4.74 Å². The number of rotatable bonds is 5. The zero-order valence-corrected chi connectivity index (χ0v) is 17.1. The summed E-state index contributed by atoms with van der Waals surface area (Å²) in [6, 6.07) is 9.33. The number of thioether (sulfide) groups is 1. The van der Waals surface area contributed by atoms with Gasteiger partial charge in [-0.15, -0.1) is 0 Å². The third-order valence-corrected chi connectivity index (χ3v) is 7.08. The lowest BCUT2D eigenvalue weighted by Crippen LogP contribution is -2.38. The molecule has 1 atom stereocenters. The van der Waals surface area contributed by atoms with E-state index in [2.05, 4.69) is 44.4 Å². The van der Waals surface area contributed by atoms with E-state index in [0.29, 0.717) is 12.0 Å². The molecule has 0 radical (unpaired) electrons. The van der Waals surface area contributed by atoms with Gasteiger partial charge in [-0.05, 0) is 44.5 Å². The zero-order valence-electron chi connectivity index (χ0n) is 16.3. The SMILES string of the molecule is CNCCC1CN(c2ncnc3c2N(C2CCOCC2)CS3)c2ccccc21. The van der Waals surface area contributed by atoms with Crippen molar-refractivity contribution >= 4 is 29.0 Å². The Kier molecular flexibility index (Phi) is 5.13. The Hall–Kier alpha value is -1.83. The Balaban J connectivity index is 1.52. The molecule has 1 aromatic heterocycles. The zero-order chi connectivity index (χ0) is 18.9. The number of para-hydroxylation sites is 1. The fourth-order valence-electron chi connectivity index (χ4n) is 4.65. The highest BCUT2D eigenvalue weighted by molar-refractivity contribution is 7.99. The fraction of sp³-hybridized carbons (Fsp3) is 0.524. The predicted octanol–water partition coefficient (Wildman–Crippen LogP) is 3.37. The molecule has 6 nitrogen and oxygen atoms in total. The molecule has 1 unspecified atom stereocenters. The van der Waals surface area contributed by atoms with Gasteiger partial charge in [0, 0.05) is 37.4 Å². The van der Waals surface area contributed by atoms with Crippen LogP contribution in [0.25, 0.3) is 0 Å². The van der Waals surface area contributed by atoms with Crippen molar-refractivity contribution in [3.05, 3.63) is 36.2 Å². The number of benzene rings is 1. The van der Waals surface area contributed by atoms with Gasteiger partial charge in [0.2, 0.25) is 0 Å². The Bertz CT molecular complexity index is 841. The standard InChI is InChI=1S/C21H27N5OS/c1-22-9-6-15-12-25(18-5-3-2-4-17(15)18)20-19-21(24-13-23-20)28-14-26(19)16-7-10-27-11-8-16/h2-5,13,15-16,22H,6-12,14H2,1H3. The Morgan fingerprint density at radius 2 is 2.07 bits per heavy atom. The van der Waals surface area contributed by atoms with Crippen molar-refractivity contribution in [1.82, 2.24) is 15.3 Å². The lowest BCUT2D eigenvalue weighted by atomic mass is 9.98. The van der Waals surface area contributed by atoms with Gasteiger partial charge in [-0.1, -0.05) is 30.0 Å². The lowest BCUT2D eigenvalue weighted by Gasteiger charge is -2.34. The number of aromatic nitrogens is 2. The third kappa shape index (κ3) is 3.15. The number of anilines is 3. The average Bonchev–Trinajstić information content (AvgIpc) is 3.35. The predicted molar refractivity (Wildman–Crippen MR) is 114 cm³/mol. The first-order valence-electron chi connectivity index (χ1n) is 10.2. The topological polar surface area (TPSA) is 53.5 Å². The number of nitrogens with zero attached hydrogens (tertiary/aromatic N) is 4. The van der Waals surface area contributed by atoms with Crippen molar-refractivity contribution in [1.29, 1.82) is 0 Å². The molecule has 0 amide bonds. The molecular weight excluding hydrogens is 370 g/mol. The second-order valence-electron chi connectivity index (χ2n) is 7.70. The summed E-state index contributed by atoms with van der Waals surface area (Å²) >= 11 is 1.84. The Morgan fingerprint density at radius 3 is 2.93 bits per heavy atom. The molecular formula is C21H27N5OS. The van der Waals surface area contributed by atoms with Gasteiger partial charge in [0.1, 0.15) is 17.0 Å². The van der Waals surface area contributed by atoms with Crippen molar-refractivity contribution < 1.29 is 4.74 Å². The van der Waals surface area contributed by atoms with E-state index < -0.39 is 0 Å². The summed E-state index contributed by atoms with van der Waals surface area (Å²) < 4.78 is 5.59. The van der Waals surface area contributed by atoms with E-state index in [1.807, 2.05) is 18.8 Å². The van der Waals surface area contributed by atoms with Gasteiger partial charge in [-0.25, -0.2) is 9.97 Å². The molecule has 0 spiro atoms. The largest absolute Gasteiger partial charge is 0.381 e. The van der Waals surface area contributed by atoms with Gasteiger partial charge in [0.15, 0.2) is 5.82 Å². The minimum atomic E-state index is 0.519. The van der Waals surface area contributed by atoms with Crippen LogP contribution in [0.5, 0.6) is 0 Å². The van der Waals surface area contributed by atoms with Crippen LogP contribution < -0.4 is 15.1 Å². The third-order valence-electron chi connectivity index (χ3n) is 6.10. The molecule has 148 valence electrons. The maximum Gasteiger partial charge on any atom is 0.161 e. The summed E-state index contributed by atoms with van der Waals surface area (Å²) in [5.41, 5.74) is 3.96. The molecule has 3 aliphatic heterocycles. The van der Waals surface area contributed by atoms with E-state index in [1.165, 1.54) is 16.9 Å². The van der Waals surface area contributed by atoms with Gasteiger partial charge in [-0.3, -0.25) is 0 Å². The highest BCUT2D eigenvalue weighted by Gasteiger charge is 2.37. The molecule has 28 heavy (non-hydrogen) atoms. The molecule has 0 aliphatic carbocycles. The summed E-state index contributed by atoms with van der Waals surface area (Å²) in [4.78, 5) is 14.4. The van der Waals surface area contributed by atoms with Crippen LogP contribution in [0.3, 0.4) is 0 Å². The van der Waals surface area contributed by atoms with Crippen LogP contribution in [0.15, 0.2) is 35.6 Å². The van der Waals surface area contributed by atoms with Crippen molar-refractivity contribution in [3.63, 3.8) is 0 Å². The molecule has 1 fully saturated rings. The number of hydrogen-bond acceptors (Lipinski definition) is 7. The first-order valence-corrected chi connectivity index (χ1v) is 11.2. The smallest absolute Gasteiger partial charge is 0.161 e. The minimum Gasteiger partial charge on any atom is -0.381 e. The summed E-state index contributed by atoms with van der Waals surface area (Å²) in [6.07, 6.45) is 5.03. The normalized spacial score (nSPS) is 21.8. The van der Waals surface area contributed by atoms with Crippen LogP contribution in [0.2, 0.25) is 0 Å². The van der Waals surface area contributed by atoms with E-state index in [-0.39, 0.29) is 0 Å².